The molecule has 1 amide bonds. The number of hydrogen-bond acceptors (Lipinski definition) is 4. The lowest BCUT2D eigenvalue weighted by molar-refractivity contribution is -0.455. The minimum atomic E-state index is -4.45. The molecule has 0 spiro atoms. The van der Waals surface area contributed by atoms with Crippen LogP contribution in [0, 0.1) is 0 Å². The van der Waals surface area contributed by atoms with Crippen LogP contribution in [0.15, 0.2) is 23.2 Å². The number of aliphatic imine (C=N–C) groups is 1. The van der Waals surface area contributed by atoms with Gasteiger partial charge >= 0.3 is 12.1 Å². The molecule has 0 bridgehead atoms. The van der Waals surface area contributed by atoms with Crippen LogP contribution in [-0.4, -0.2) is 47.3 Å². The summed E-state index contributed by atoms with van der Waals surface area (Å²) in [6.45, 7) is 2.60. The molecule has 1 saturated heterocycles. The van der Waals surface area contributed by atoms with Crippen molar-refractivity contribution in [3.8, 4) is 0 Å². The van der Waals surface area contributed by atoms with E-state index in [2.05, 4.69) is 10.3 Å². The number of benzene rings is 1. The van der Waals surface area contributed by atoms with Gasteiger partial charge in [-0.3, -0.25) is 9.79 Å². The molecule has 8 heteroatoms. The van der Waals surface area contributed by atoms with Gasteiger partial charge < -0.3 is 5.32 Å². The average molecular weight is 380 g/mol. The number of piperidine rings is 1. The first-order valence-electron chi connectivity index (χ1n) is 8.98. The number of carbonyl (C=O) groups excluding carboxylic acids is 2. The van der Waals surface area contributed by atoms with E-state index in [-0.39, 0.29) is 29.5 Å². The third-order valence-corrected chi connectivity index (χ3v) is 4.77. The van der Waals surface area contributed by atoms with E-state index in [1.165, 1.54) is 10.8 Å². The van der Waals surface area contributed by atoms with Crippen LogP contribution in [0.1, 0.15) is 37.3 Å². The van der Waals surface area contributed by atoms with Crippen LogP contribution in [0.2, 0.25) is 0 Å². The highest BCUT2D eigenvalue weighted by Crippen LogP contribution is 2.32. The number of nitrogens with zero attached hydrogens (tertiary/aromatic N) is 2. The fourth-order valence-corrected chi connectivity index (χ4v) is 3.33. The number of rotatable bonds is 3. The summed E-state index contributed by atoms with van der Waals surface area (Å²) in [5, 5.41) is 2.94. The van der Waals surface area contributed by atoms with E-state index in [4.69, 9.17) is 0 Å². The molecule has 0 aliphatic carbocycles. The molecule has 0 unspecified atom stereocenters. The largest absolute Gasteiger partial charge is 0.416 e. The SMILES string of the molecule is CCc1cc(N[C@@H]2CCC[N+](=C3C=NCCC3=O)C2=O)cc(C(F)(F)F)c1. The Kier molecular flexibility index (Phi) is 5.43. The molecule has 1 fully saturated rings. The quantitative estimate of drug-likeness (QED) is 0.821. The van der Waals surface area contributed by atoms with Crippen molar-refractivity contribution >= 4 is 29.3 Å². The van der Waals surface area contributed by atoms with Crippen LogP contribution in [0.5, 0.6) is 0 Å². The van der Waals surface area contributed by atoms with Crippen LogP contribution in [-0.2, 0) is 22.2 Å². The zero-order valence-electron chi connectivity index (χ0n) is 15.0. The molecule has 0 aromatic heterocycles. The number of halogens is 3. The fraction of sp³-hybridized carbons (Fsp3) is 0.474. The normalized spacial score (nSPS) is 23.6. The number of Topliss-reactive ketones (excluding diaryl/α,β-unsaturated/α-hetero) is 1. The molecular formula is C19H21F3N3O2+. The summed E-state index contributed by atoms with van der Waals surface area (Å²) >= 11 is 0. The van der Waals surface area contributed by atoms with Gasteiger partial charge in [0.1, 0.15) is 0 Å². The molecular weight excluding hydrogens is 359 g/mol. The van der Waals surface area contributed by atoms with Gasteiger partial charge in [0.05, 0.1) is 11.8 Å². The van der Waals surface area contributed by atoms with Gasteiger partial charge in [-0.15, -0.1) is 0 Å². The molecule has 0 saturated carbocycles. The molecule has 0 radical (unpaired) electrons. The number of alkyl halides is 3. The topological polar surface area (TPSA) is 61.5 Å². The van der Waals surface area contributed by atoms with E-state index in [1.54, 1.807) is 13.0 Å². The van der Waals surface area contributed by atoms with Crippen molar-refractivity contribution in [1.82, 2.24) is 0 Å². The maximum Gasteiger partial charge on any atom is 0.416 e. The highest BCUT2D eigenvalue weighted by molar-refractivity contribution is 6.60. The average Bonchev–Trinajstić information content (AvgIpc) is 2.63. The Balaban J connectivity index is 1.88. The first-order chi connectivity index (χ1) is 12.8. The van der Waals surface area contributed by atoms with Gasteiger partial charge in [0.15, 0.2) is 12.6 Å². The number of anilines is 1. The highest BCUT2D eigenvalue weighted by atomic mass is 19.4. The predicted octanol–water partition coefficient (Wildman–Crippen LogP) is 2.87. The molecule has 2 heterocycles. The molecule has 3 rings (SSSR count). The van der Waals surface area contributed by atoms with Gasteiger partial charge in [-0.25, -0.2) is 4.79 Å². The number of hydrogen-bond donors (Lipinski definition) is 1. The second-order valence-electron chi connectivity index (χ2n) is 6.69. The van der Waals surface area contributed by atoms with E-state index >= 15 is 0 Å². The van der Waals surface area contributed by atoms with E-state index in [9.17, 15) is 22.8 Å². The third kappa shape index (κ3) is 4.26. The molecule has 1 aromatic rings. The van der Waals surface area contributed by atoms with Crippen LogP contribution >= 0.6 is 0 Å². The van der Waals surface area contributed by atoms with Gasteiger partial charge in [0, 0.05) is 25.1 Å². The number of aryl methyl sites for hydroxylation is 1. The fourth-order valence-electron chi connectivity index (χ4n) is 3.33. The summed E-state index contributed by atoms with van der Waals surface area (Å²) in [5.41, 5.74) is 0.330. The Labute approximate surface area is 155 Å². The molecule has 144 valence electrons. The van der Waals surface area contributed by atoms with Crippen molar-refractivity contribution in [1.29, 1.82) is 0 Å². The van der Waals surface area contributed by atoms with Gasteiger partial charge in [0.2, 0.25) is 5.78 Å². The summed E-state index contributed by atoms with van der Waals surface area (Å²) in [7, 11) is 0. The molecule has 1 aromatic carbocycles. The van der Waals surface area contributed by atoms with E-state index < -0.39 is 17.8 Å². The highest BCUT2D eigenvalue weighted by Gasteiger charge is 2.38. The molecule has 2 aliphatic heterocycles. The van der Waals surface area contributed by atoms with Crippen molar-refractivity contribution < 1.29 is 27.3 Å². The Hall–Kier alpha value is -2.51. The van der Waals surface area contributed by atoms with Crippen molar-refractivity contribution in [2.75, 3.05) is 18.4 Å². The van der Waals surface area contributed by atoms with Crippen LogP contribution in [0.25, 0.3) is 0 Å². The number of amides is 1. The summed E-state index contributed by atoms with van der Waals surface area (Å²) < 4.78 is 40.8. The van der Waals surface area contributed by atoms with Crippen LogP contribution in [0.3, 0.4) is 0 Å². The molecule has 2 aliphatic rings. The minimum Gasteiger partial charge on any atom is -0.370 e. The van der Waals surface area contributed by atoms with Gasteiger partial charge in [-0.05, 0) is 36.6 Å². The second kappa shape index (κ2) is 7.62. The Morgan fingerprint density at radius 3 is 2.70 bits per heavy atom. The lowest BCUT2D eigenvalue weighted by Crippen LogP contribution is -2.47. The molecule has 1 atom stereocenters. The summed E-state index contributed by atoms with van der Waals surface area (Å²) in [4.78, 5) is 29.0. The zero-order valence-corrected chi connectivity index (χ0v) is 15.0. The standard InChI is InChI=1S/C19H21F3N3O2/c1-2-12-8-13(19(20,21)22)10-14(9-12)24-15-4-3-7-25(18(15)27)16-11-23-6-5-17(16)26/h8-11,15,24H,2-7H2,1H3/q+1/t15-/m1/s1. The predicted molar refractivity (Wildman–Crippen MR) is 95.6 cm³/mol. The second-order valence-corrected chi connectivity index (χ2v) is 6.69. The summed E-state index contributed by atoms with van der Waals surface area (Å²) in [6.07, 6.45) is -1.18. The van der Waals surface area contributed by atoms with Crippen molar-refractivity contribution in [2.45, 2.75) is 44.8 Å². The number of nitrogens with one attached hydrogen (secondary N) is 1. The summed E-state index contributed by atoms with van der Waals surface area (Å²) in [5.74, 6) is -0.445. The Morgan fingerprint density at radius 1 is 1.26 bits per heavy atom. The lowest BCUT2D eigenvalue weighted by atomic mass is 10.0. The first kappa shape index (κ1) is 19.3. The van der Waals surface area contributed by atoms with Gasteiger partial charge in [0.25, 0.3) is 5.71 Å². The number of ketones is 1. The van der Waals surface area contributed by atoms with E-state index in [0.717, 1.165) is 12.1 Å². The minimum absolute atomic E-state index is 0.133. The smallest absolute Gasteiger partial charge is 0.370 e. The Morgan fingerprint density at radius 2 is 2.04 bits per heavy atom. The molecule has 5 nitrogen and oxygen atoms in total. The zero-order chi connectivity index (χ0) is 19.6. The van der Waals surface area contributed by atoms with Crippen molar-refractivity contribution in [3.63, 3.8) is 0 Å². The van der Waals surface area contributed by atoms with Gasteiger partial charge in [-0.1, -0.05) is 6.92 Å². The van der Waals surface area contributed by atoms with Gasteiger partial charge in [-0.2, -0.15) is 17.7 Å². The first-order valence-corrected chi connectivity index (χ1v) is 8.98. The third-order valence-electron chi connectivity index (χ3n) is 4.77. The molecule has 1 N–H and O–H groups in total. The molecule has 27 heavy (non-hydrogen) atoms. The van der Waals surface area contributed by atoms with Crippen molar-refractivity contribution in [2.24, 2.45) is 4.99 Å². The van der Waals surface area contributed by atoms with Crippen LogP contribution in [0.4, 0.5) is 18.9 Å². The maximum absolute atomic E-state index is 13.1. The maximum atomic E-state index is 13.1. The van der Waals surface area contributed by atoms with Crippen molar-refractivity contribution in [3.05, 3.63) is 29.3 Å². The van der Waals surface area contributed by atoms with E-state index in [1.807, 2.05) is 0 Å². The van der Waals surface area contributed by atoms with E-state index in [0.29, 0.717) is 37.9 Å². The Bertz CT molecular complexity index is 828. The number of carbonyl (C=O) groups is 2. The summed E-state index contributed by atoms with van der Waals surface area (Å²) in [6, 6.07) is 3.09. The monoisotopic (exact) mass is 380 g/mol. The van der Waals surface area contributed by atoms with Crippen LogP contribution < -0.4 is 5.32 Å². The lowest BCUT2D eigenvalue weighted by Gasteiger charge is -2.22.